The lowest BCUT2D eigenvalue weighted by molar-refractivity contribution is 0.0696. The summed E-state index contributed by atoms with van der Waals surface area (Å²) in [5, 5.41) is 15.7. The van der Waals surface area contributed by atoms with E-state index in [-0.39, 0.29) is 17.0 Å². The summed E-state index contributed by atoms with van der Waals surface area (Å²) >= 11 is 3.48. The van der Waals surface area contributed by atoms with Crippen LogP contribution in [-0.2, 0) is 6.54 Å². The topological polar surface area (TPSA) is 89.5 Å². The van der Waals surface area contributed by atoms with Gasteiger partial charge in [-0.25, -0.2) is 9.78 Å². The van der Waals surface area contributed by atoms with E-state index in [0.717, 1.165) is 58.0 Å². The molecule has 8 heteroatoms. The van der Waals surface area contributed by atoms with Gasteiger partial charge in [-0.15, -0.1) is 0 Å². The molecule has 0 spiro atoms. The van der Waals surface area contributed by atoms with Crippen molar-refractivity contribution in [1.82, 2.24) is 14.2 Å². The molecule has 0 aliphatic heterocycles. The SMILES string of the molecule is O=C(O)c1cccc(Cn2cc(C=Nn3c(C4CCCCC4)nc4ccc(Br)cc4c3=O)c3ccccc32)c1. The number of hydrogen-bond donors (Lipinski definition) is 1. The van der Waals surface area contributed by atoms with Crippen LogP contribution in [0.4, 0.5) is 0 Å². The minimum absolute atomic E-state index is 0.174. The number of carbonyl (C=O) groups is 1. The van der Waals surface area contributed by atoms with Crippen LogP contribution in [0.5, 0.6) is 0 Å². The van der Waals surface area contributed by atoms with Gasteiger partial charge in [-0.05, 0) is 54.8 Å². The summed E-state index contributed by atoms with van der Waals surface area (Å²) in [4.78, 5) is 30.1. The fourth-order valence-electron chi connectivity index (χ4n) is 5.53. The Labute approximate surface area is 233 Å². The van der Waals surface area contributed by atoms with Gasteiger partial charge in [-0.2, -0.15) is 9.78 Å². The Morgan fingerprint density at radius 3 is 2.67 bits per heavy atom. The molecule has 1 aliphatic carbocycles. The fourth-order valence-corrected chi connectivity index (χ4v) is 5.89. The molecule has 0 unspecified atom stereocenters. The van der Waals surface area contributed by atoms with Crippen molar-refractivity contribution in [3.8, 4) is 0 Å². The predicted octanol–water partition coefficient (Wildman–Crippen LogP) is 6.79. The van der Waals surface area contributed by atoms with Gasteiger partial charge in [0, 0.05) is 39.6 Å². The molecule has 2 heterocycles. The average molecular weight is 583 g/mol. The van der Waals surface area contributed by atoms with Gasteiger partial charge in [0.1, 0.15) is 5.82 Å². The van der Waals surface area contributed by atoms with Gasteiger partial charge < -0.3 is 9.67 Å². The molecule has 6 rings (SSSR count). The van der Waals surface area contributed by atoms with Crippen LogP contribution in [0.3, 0.4) is 0 Å². The van der Waals surface area contributed by atoms with Gasteiger partial charge in [0.15, 0.2) is 0 Å². The van der Waals surface area contributed by atoms with Crippen molar-refractivity contribution < 1.29 is 9.90 Å². The normalized spacial score (nSPS) is 14.5. The summed E-state index contributed by atoms with van der Waals surface area (Å²) in [7, 11) is 0. The summed E-state index contributed by atoms with van der Waals surface area (Å²) < 4.78 is 4.40. The quantitative estimate of drug-likeness (QED) is 0.223. The van der Waals surface area contributed by atoms with Crippen molar-refractivity contribution in [3.63, 3.8) is 0 Å². The zero-order valence-electron chi connectivity index (χ0n) is 21.3. The second-order valence-electron chi connectivity index (χ2n) is 10.1. The van der Waals surface area contributed by atoms with Crippen LogP contribution in [0.1, 0.15) is 65.3 Å². The maximum atomic E-state index is 13.7. The molecule has 0 amide bonds. The molecular weight excluding hydrogens is 556 g/mol. The van der Waals surface area contributed by atoms with Crippen LogP contribution in [0.25, 0.3) is 21.8 Å². The monoisotopic (exact) mass is 582 g/mol. The summed E-state index contributed by atoms with van der Waals surface area (Å²) in [5.74, 6) is -0.0308. The summed E-state index contributed by atoms with van der Waals surface area (Å²) in [6, 6.07) is 20.6. The number of nitrogens with zero attached hydrogens (tertiary/aromatic N) is 4. The summed E-state index contributed by atoms with van der Waals surface area (Å²) in [6.07, 6.45) is 9.19. The first kappa shape index (κ1) is 25.2. The van der Waals surface area contributed by atoms with Crippen LogP contribution in [-0.4, -0.2) is 31.5 Å². The van der Waals surface area contributed by atoms with Gasteiger partial charge in [0.05, 0.1) is 22.7 Å². The molecule has 3 aromatic carbocycles. The van der Waals surface area contributed by atoms with Crippen LogP contribution in [0, 0.1) is 0 Å². The third-order valence-corrected chi connectivity index (χ3v) is 7.96. The smallest absolute Gasteiger partial charge is 0.335 e. The van der Waals surface area contributed by atoms with Crippen molar-refractivity contribution in [2.24, 2.45) is 5.10 Å². The highest BCUT2D eigenvalue weighted by molar-refractivity contribution is 9.10. The standard InChI is InChI=1S/C31H27BrN4O3/c32-24-13-14-27-26(16-24)30(37)36(29(34-27)21-8-2-1-3-9-21)33-17-23-19-35(28-12-5-4-11-25(23)28)18-20-7-6-10-22(15-20)31(38)39/h4-7,10-17,19,21H,1-3,8-9,18H2,(H,38,39). The number of carboxylic acid groups (broad SMARTS) is 1. The zero-order valence-corrected chi connectivity index (χ0v) is 22.8. The molecule has 5 aromatic rings. The van der Waals surface area contributed by atoms with Crippen LogP contribution in [0.2, 0.25) is 0 Å². The van der Waals surface area contributed by atoms with E-state index in [2.05, 4.69) is 20.5 Å². The number of benzene rings is 3. The lowest BCUT2D eigenvalue weighted by atomic mass is 9.88. The minimum atomic E-state index is -0.947. The Bertz CT molecular complexity index is 1800. The number of rotatable bonds is 6. The second kappa shape index (κ2) is 10.6. The number of aromatic carboxylic acids is 1. The van der Waals surface area contributed by atoms with Gasteiger partial charge in [0.2, 0.25) is 0 Å². The van der Waals surface area contributed by atoms with Crippen molar-refractivity contribution in [3.05, 3.63) is 110 Å². The van der Waals surface area contributed by atoms with E-state index in [1.54, 1.807) is 30.5 Å². The Kier molecular flexibility index (Phi) is 6.87. The first-order valence-electron chi connectivity index (χ1n) is 13.1. The van der Waals surface area contributed by atoms with E-state index in [1.807, 2.05) is 48.7 Å². The Morgan fingerprint density at radius 1 is 1.03 bits per heavy atom. The Hall–Kier alpha value is -4.04. The molecule has 2 aromatic heterocycles. The largest absolute Gasteiger partial charge is 0.478 e. The Morgan fingerprint density at radius 2 is 1.85 bits per heavy atom. The summed E-state index contributed by atoms with van der Waals surface area (Å²) in [6.45, 7) is 0.508. The van der Waals surface area contributed by atoms with Crippen LogP contribution >= 0.6 is 15.9 Å². The molecule has 1 aliphatic rings. The lowest BCUT2D eigenvalue weighted by Gasteiger charge is -2.22. The molecule has 1 fully saturated rings. The van der Waals surface area contributed by atoms with Gasteiger partial charge >= 0.3 is 5.97 Å². The molecule has 0 radical (unpaired) electrons. The number of para-hydroxylation sites is 1. The third kappa shape index (κ3) is 5.04. The molecule has 1 saturated carbocycles. The molecule has 7 nitrogen and oxygen atoms in total. The second-order valence-corrected chi connectivity index (χ2v) is 11.0. The van der Waals surface area contributed by atoms with E-state index in [4.69, 9.17) is 10.1 Å². The maximum absolute atomic E-state index is 13.7. The molecule has 0 atom stereocenters. The van der Waals surface area contributed by atoms with E-state index in [9.17, 15) is 14.7 Å². The molecule has 0 saturated heterocycles. The first-order chi connectivity index (χ1) is 19.0. The van der Waals surface area contributed by atoms with Gasteiger partial charge in [-0.1, -0.05) is 65.5 Å². The van der Waals surface area contributed by atoms with Crippen LogP contribution < -0.4 is 5.56 Å². The number of hydrogen-bond acceptors (Lipinski definition) is 4. The number of halogens is 1. The third-order valence-electron chi connectivity index (χ3n) is 7.46. The molecular formula is C31H27BrN4O3. The first-order valence-corrected chi connectivity index (χ1v) is 13.9. The molecule has 0 bridgehead atoms. The molecule has 1 N–H and O–H groups in total. The van der Waals surface area contributed by atoms with E-state index < -0.39 is 5.97 Å². The van der Waals surface area contributed by atoms with Crippen molar-refractivity contribution >= 4 is 49.9 Å². The highest BCUT2D eigenvalue weighted by Crippen LogP contribution is 2.32. The predicted molar refractivity (Wildman–Crippen MR) is 157 cm³/mol. The number of aromatic nitrogens is 3. The van der Waals surface area contributed by atoms with Crippen molar-refractivity contribution in [2.45, 2.75) is 44.6 Å². The lowest BCUT2D eigenvalue weighted by Crippen LogP contribution is -2.25. The van der Waals surface area contributed by atoms with E-state index >= 15 is 0 Å². The molecule has 196 valence electrons. The average Bonchev–Trinajstić information content (AvgIpc) is 3.30. The van der Waals surface area contributed by atoms with Gasteiger partial charge in [0.25, 0.3) is 5.56 Å². The van der Waals surface area contributed by atoms with Crippen molar-refractivity contribution in [1.29, 1.82) is 0 Å². The zero-order chi connectivity index (χ0) is 26.9. The van der Waals surface area contributed by atoms with Crippen molar-refractivity contribution in [2.75, 3.05) is 0 Å². The minimum Gasteiger partial charge on any atom is -0.478 e. The highest BCUT2D eigenvalue weighted by Gasteiger charge is 2.22. The number of fused-ring (bicyclic) bond motifs is 2. The van der Waals surface area contributed by atoms with E-state index in [0.29, 0.717) is 17.4 Å². The fraction of sp³-hybridized carbons (Fsp3) is 0.226. The molecule has 39 heavy (non-hydrogen) atoms. The summed E-state index contributed by atoms with van der Waals surface area (Å²) in [5.41, 5.74) is 3.54. The number of carboxylic acids is 1. The van der Waals surface area contributed by atoms with E-state index in [1.165, 1.54) is 11.1 Å². The highest BCUT2D eigenvalue weighted by atomic mass is 79.9. The Balaban J connectivity index is 1.44. The van der Waals surface area contributed by atoms with Gasteiger partial charge in [-0.3, -0.25) is 4.79 Å². The maximum Gasteiger partial charge on any atom is 0.335 e. The van der Waals surface area contributed by atoms with Crippen LogP contribution in [0.15, 0.2) is 87.3 Å².